The van der Waals surface area contributed by atoms with Crippen molar-refractivity contribution < 1.29 is 9.84 Å². The molecule has 98 valence electrons. The summed E-state index contributed by atoms with van der Waals surface area (Å²) in [5, 5.41) is 12.7. The lowest BCUT2D eigenvalue weighted by Crippen LogP contribution is -2.52. The minimum atomic E-state index is -0.138. The fourth-order valence-electron chi connectivity index (χ4n) is 2.56. The highest BCUT2D eigenvalue weighted by Gasteiger charge is 2.43. The van der Waals surface area contributed by atoms with Crippen molar-refractivity contribution in [3.05, 3.63) is 24.3 Å². The van der Waals surface area contributed by atoms with E-state index in [-0.39, 0.29) is 5.72 Å². The second-order valence-corrected chi connectivity index (χ2v) is 5.86. The molecule has 0 aliphatic carbocycles. The zero-order valence-electron chi connectivity index (χ0n) is 10.3. The molecule has 1 atom stereocenters. The van der Waals surface area contributed by atoms with E-state index in [0.717, 1.165) is 44.0 Å². The van der Waals surface area contributed by atoms with Gasteiger partial charge in [-0.2, -0.15) is 0 Å². The summed E-state index contributed by atoms with van der Waals surface area (Å²) in [6.45, 7) is 3.74. The van der Waals surface area contributed by atoms with Crippen LogP contribution in [-0.4, -0.2) is 41.4 Å². The number of phenols is 1. The highest BCUT2D eigenvalue weighted by molar-refractivity contribution is 7.97. The van der Waals surface area contributed by atoms with Crippen LogP contribution in [0.25, 0.3) is 0 Å². The van der Waals surface area contributed by atoms with Gasteiger partial charge in [0.1, 0.15) is 11.5 Å². The first kappa shape index (κ1) is 12.3. The predicted octanol–water partition coefficient (Wildman–Crippen LogP) is 1.81. The van der Waals surface area contributed by atoms with E-state index in [9.17, 15) is 5.11 Å². The van der Waals surface area contributed by atoms with Gasteiger partial charge in [0.15, 0.2) is 0 Å². The van der Waals surface area contributed by atoms with Gasteiger partial charge in [-0.3, -0.25) is 0 Å². The highest BCUT2D eigenvalue weighted by atomic mass is 32.2. The lowest BCUT2D eigenvalue weighted by molar-refractivity contribution is -0.0613. The molecule has 5 heteroatoms. The molecular formula is C13H18N2O2S. The molecule has 0 radical (unpaired) electrons. The zero-order valence-corrected chi connectivity index (χ0v) is 11.1. The first-order chi connectivity index (χ1) is 8.78. The van der Waals surface area contributed by atoms with Crippen molar-refractivity contribution in [2.75, 3.05) is 26.2 Å². The molecule has 18 heavy (non-hydrogen) atoms. The average Bonchev–Trinajstić information content (AvgIpc) is 2.76. The molecule has 3 rings (SSSR count). The van der Waals surface area contributed by atoms with Gasteiger partial charge in [0.2, 0.25) is 0 Å². The maximum Gasteiger partial charge on any atom is 0.143 e. The van der Waals surface area contributed by atoms with Gasteiger partial charge in [-0.15, -0.1) is 0 Å². The Labute approximate surface area is 111 Å². The smallest absolute Gasteiger partial charge is 0.143 e. The number of rotatable bonds is 2. The van der Waals surface area contributed by atoms with E-state index in [1.807, 2.05) is 12.1 Å². The van der Waals surface area contributed by atoms with Gasteiger partial charge >= 0.3 is 0 Å². The number of phenolic OH excluding ortho intramolecular Hbond substituents is 1. The Morgan fingerprint density at radius 3 is 2.89 bits per heavy atom. The number of piperidine rings is 1. The van der Waals surface area contributed by atoms with Crippen molar-refractivity contribution in [3.8, 4) is 5.75 Å². The average molecular weight is 266 g/mol. The van der Waals surface area contributed by atoms with E-state index < -0.39 is 0 Å². The van der Waals surface area contributed by atoms with E-state index in [2.05, 4.69) is 9.62 Å². The lowest BCUT2D eigenvalue weighted by atomic mass is 10.0. The Kier molecular flexibility index (Phi) is 3.48. The van der Waals surface area contributed by atoms with Gasteiger partial charge in [0, 0.05) is 18.0 Å². The van der Waals surface area contributed by atoms with E-state index >= 15 is 0 Å². The molecule has 2 heterocycles. The van der Waals surface area contributed by atoms with Crippen LogP contribution in [-0.2, 0) is 4.74 Å². The fourth-order valence-corrected chi connectivity index (χ4v) is 3.61. The summed E-state index contributed by atoms with van der Waals surface area (Å²) in [5.74, 6) is 0.311. The molecule has 2 saturated heterocycles. The van der Waals surface area contributed by atoms with E-state index in [1.54, 1.807) is 24.1 Å². The van der Waals surface area contributed by atoms with Crippen molar-refractivity contribution in [2.45, 2.75) is 23.5 Å². The van der Waals surface area contributed by atoms with E-state index in [0.29, 0.717) is 5.75 Å². The number of aromatic hydroxyl groups is 1. The first-order valence-electron chi connectivity index (χ1n) is 6.38. The van der Waals surface area contributed by atoms with Crippen LogP contribution in [0.4, 0.5) is 0 Å². The Balaban J connectivity index is 1.73. The molecular weight excluding hydrogens is 248 g/mol. The molecule has 0 aromatic heterocycles. The van der Waals surface area contributed by atoms with Crippen LogP contribution >= 0.6 is 11.9 Å². The van der Waals surface area contributed by atoms with E-state index in [4.69, 9.17) is 4.74 Å². The summed E-state index contributed by atoms with van der Waals surface area (Å²) in [6.07, 6.45) is 2.25. The van der Waals surface area contributed by atoms with Crippen molar-refractivity contribution in [3.63, 3.8) is 0 Å². The van der Waals surface area contributed by atoms with Gasteiger partial charge in [0.25, 0.3) is 0 Å². The predicted molar refractivity (Wildman–Crippen MR) is 71.5 cm³/mol. The maximum atomic E-state index is 9.30. The normalized spacial score (nSPS) is 28.9. The summed E-state index contributed by atoms with van der Waals surface area (Å²) in [4.78, 5) is 1.14. The molecule has 0 saturated carbocycles. The first-order valence-corrected chi connectivity index (χ1v) is 7.15. The Morgan fingerprint density at radius 2 is 2.17 bits per heavy atom. The molecule has 0 amide bonds. The number of nitrogens with zero attached hydrogens (tertiary/aromatic N) is 1. The monoisotopic (exact) mass is 266 g/mol. The minimum Gasteiger partial charge on any atom is -0.508 e. The molecule has 4 nitrogen and oxygen atoms in total. The third kappa shape index (κ3) is 2.36. The van der Waals surface area contributed by atoms with Crippen LogP contribution in [0.15, 0.2) is 29.2 Å². The summed E-state index contributed by atoms with van der Waals surface area (Å²) in [6, 6.07) is 7.35. The van der Waals surface area contributed by atoms with Crippen LogP contribution in [0.2, 0.25) is 0 Å². The number of hydrogen-bond acceptors (Lipinski definition) is 5. The molecule has 0 bridgehead atoms. The molecule has 2 aliphatic heterocycles. The van der Waals surface area contributed by atoms with Crippen LogP contribution < -0.4 is 5.32 Å². The third-order valence-electron chi connectivity index (χ3n) is 3.49. The van der Waals surface area contributed by atoms with Crippen LogP contribution in [0.5, 0.6) is 5.75 Å². The van der Waals surface area contributed by atoms with Crippen molar-refractivity contribution >= 4 is 11.9 Å². The number of hydrogen-bond donors (Lipinski definition) is 2. The van der Waals surface area contributed by atoms with E-state index in [1.165, 1.54) is 0 Å². The fraction of sp³-hybridized carbons (Fsp3) is 0.538. The second-order valence-electron chi connectivity index (χ2n) is 4.76. The quantitative estimate of drug-likeness (QED) is 0.799. The Morgan fingerprint density at radius 1 is 1.33 bits per heavy atom. The third-order valence-corrected chi connectivity index (χ3v) is 4.71. The number of nitrogens with one attached hydrogen (secondary N) is 1. The van der Waals surface area contributed by atoms with Crippen LogP contribution in [0, 0.1) is 0 Å². The SMILES string of the molecule is Oc1ccc(SN2CCOC23CCCNC3)cc1. The summed E-state index contributed by atoms with van der Waals surface area (Å²) < 4.78 is 8.32. The molecule has 2 fully saturated rings. The van der Waals surface area contributed by atoms with Crippen LogP contribution in [0.1, 0.15) is 12.8 Å². The zero-order chi connectivity index (χ0) is 12.4. The lowest BCUT2D eigenvalue weighted by Gasteiger charge is -2.39. The summed E-state index contributed by atoms with van der Waals surface area (Å²) in [7, 11) is 0. The topological polar surface area (TPSA) is 44.7 Å². The minimum absolute atomic E-state index is 0.138. The van der Waals surface area contributed by atoms with Gasteiger partial charge in [-0.05, 0) is 55.6 Å². The number of benzene rings is 1. The van der Waals surface area contributed by atoms with Gasteiger partial charge in [0.05, 0.1) is 6.61 Å². The number of ether oxygens (including phenoxy) is 1. The van der Waals surface area contributed by atoms with Gasteiger partial charge in [-0.1, -0.05) is 0 Å². The summed E-state index contributed by atoms with van der Waals surface area (Å²) >= 11 is 1.72. The maximum absolute atomic E-state index is 9.30. The molecule has 1 aromatic carbocycles. The standard InChI is InChI=1S/C13H18N2O2S/c16-11-2-4-12(5-3-11)18-15-8-9-17-13(15)6-1-7-14-10-13/h2-5,14,16H,1,6-10H2. The van der Waals surface area contributed by atoms with Crippen molar-refractivity contribution in [1.82, 2.24) is 9.62 Å². The van der Waals surface area contributed by atoms with Crippen LogP contribution in [0.3, 0.4) is 0 Å². The Bertz CT molecular complexity index is 404. The summed E-state index contributed by atoms with van der Waals surface area (Å²) in [5.41, 5.74) is -0.138. The molecule has 1 aromatic rings. The van der Waals surface area contributed by atoms with Crippen molar-refractivity contribution in [2.24, 2.45) is 0 Å². The molecule has 1 unspecified atom stereocenters. The Hall–Kier alpha value is -0.750. The molecule has 2 aliphatic rings. The van der Waals surface area contributed by atoms with Crippen molar-refractivity contribution in [1.29, 1.82) is 0 Å². The van der Waals surface area contributed by atoms with Gasteiger partial charge in [-0.25, -0.2) is 4.31 Å². The van der Waals surface area contributed by atoms with Gasteiger partial charge < -0.3 is 15.2 Å². The highest BCUT2D eigenvalue weighted by Crippen LogP contribution is 2.38. The second kappa shape index (κ2) is 5.09. The largest absolute Gasteiger partial charge is 0.508 e. The molecule has 2 N–H and O–H groups in total. The molecule has 1 spiro atoms.